The summed E-state index contributed by atoms with van der Waals surface area (Å²) >= 11 is 0. The monoisotopic (exact) mass is 245 g/mol. The highest BCUT2D eigenvalue weighted by Crippen LogP contribution is 2.24. The fourth-order valence-electron chi connectivity index (χ4n) is 3.14. The summed E-state index contributed by atoms with van der Waals surface area (Å²) in [5.74, 6) is 0. The largest absolute Gasteiger partial charge is 0.398 e. The number of nitrogen functional groups attached to an aromatic ring is 1. The van der Waals surface area contributed by atoms with E-state index in [0.717, 1.165) is 18.7 Å². The third-order valence-corrected chi connectivity index (χ3v) is 4.32. The minimum absolute atomic E-state index is 0.971. The minimum Gasteiger partial charge on any atom is -0.398 e. The van der Waals surface area contributed by atoms with Gasteiger partial charge in [0.15, 0.2) is 0 Å². The molecule has 98 valence electrons. The average Bonchev–Trinajstić information content (AvgIpc) is 2.90. The van der Waals surface area contributed by atoms with E-state index in [-0.39, 0.29) is 0 Å². The van der Waals surface area contributed by atoms with Crippen LogP contribution in [0.15, 0.2) is 18.2 Å². The molecule has 0 saturated carbocycles. The molecule has 1 fully saturated rings. The molecule has 1 aromatic rings. The van der Waals surface area contributed by atoms with E-state index in [9.17, 15) is 0 Å². The van der Waals surface area contributed by atoms with Crippen molar-refractivity contribution < 1.29 is 0 Å². The van der Waals surface area contributed by atoms with E-state index in [2.05, 4.69) is 21.9 Å². The van der Waals surface area contributed by atoms with E-state index < -0.39 is 0 Å². The zero-order valence-corrected chi connectivity index (χ0v) is 11.1. The lowest BCUT2D eigenvalue weighted by atomic mass is 9.98. The summed E-state index contributed by atoms with van der Waals surface area (Å²) in [5.41, 5.74) is 9.87. The lowest BCUT2D eigenvalue weighted by Gasteiger charge is -2.30. The molecule has 2 N–H and O–H groups in total. The Morgan fingerprint density at radius 2 is 1.78 bits per heavy atom. The molecule has 0 aliphatic carbocycles. The third kappa shape index (κ3) is 2.52. The molecule has 0 bridgehead atoms. The molecule has 3 nitrogen and oxygen atoms in total. The summed E-state index contributed by atoms with van der Waals surface area (Å²) < 4.78 is 0. The normalized spacial score (nSPS) is 21.1. The lowest BCUT2D eigenvalue weighted by molar-refractivity contribution is 0.212. The Labute approximate surface area is 110 Å². The SMILES string of the molecule is Nc1cccc2c1CN(CCN1CCCC1)CC2. The molecule has 0 aromatic heterocycles. The molecule has 0 radical (unpaired) electrons. The Kier molecular flexibility index (Phi) is 3.52. The molecule has 0 unspecified atom stereocenters. The second kappa shape index (κ2) is 5.29. The van der Waals surface area contributed by atoms with Crippen molar-refractivity contribution in [3.8, 4) is 0 Å². The van der Waals surface area contributed by atoms with Crippen LogP contribution in [0.5, 0.6) is 0 Å². The quantitative estimate of drug-likeness (QED) is 0.823. The van der Waals surface area contributed by atoms with Crippen LogP contribution in [-0.4, -0.2) is 42.5 Å². The zero-order chi connectivity index (χ0) is 12.4. The van der Waals surface area contributed by atoms with Gasteiger partial charge in [0.05, 0.1) is 0 Å². The number of hydrogen-bond donors (Lipinski definition) is 1. The van der Waals surface area contributed by atoms with Crippen LogP contribution in [0.2, 0.25) is 0 Å². The molecule has 1 saturated heterocycles. The van der Waals surface area contributed by atoms with Crippen molar-refractivity contribution in [3.63, 3.8) is 0 Å². The summed E-state index contributed by atoms with van der Waals surface area (Å²) in [6, 6.07) is 6.33. The molecule has 0 amide bonds. The topological polar surface area (TPSA) is 32.5 Å². The van der Waals surface area contributed by atoms with Gasteiger partial charge in [-0.25, -0.2) is 0 Å². The van der Waals surface area contributed by atoms with E-state index in [0.29, 0.717) is 0 Å². The van der Waals surface area contributed by atoms with E-state index in [1.807, 2.05) is 6.07 Å². The van der Waals surface area contributed by atoms with Crippen LogP contribution in [0.25, 0.3) is 0 Å². The van der Waals surface area contributed by atoms with Crippen LogP contribution in [0.1, 0.15) is 24.0 Å². The van der Waals surface area contributed by atoms with Gasteiger partial charge < -0.3 is 10.6 Å². The average molecular weight is 245 g/mol. The number of nitrogens with zero attached hydrogens (tertiary/aromatic N) is 2. The Hall–Kier alpha value is -1.06. The zero-order valence-electron chi connectivity index (χ0n) is 11.1. The maximum Gasteiger partial charge on any atom is 0.0362 e. The standard InChI is InChI=1S/C15H23N3/c16-15-5-3-4-13-6-9-18(12-14(13)15)11-10-17-7-1-2-8-17/h3-5H,1-2,6-12,16H2. The first-order valence-corrected chi connectivity index (χ1v) is 7.14. The van der Waals surface area contributed by atoms with Crippen molar-refractivity contribution >= 4 is 5.69 Å². The predicted octanol–water partition coefficient (Wildman–Crippen LogP) is 1.72. The van der Waals surface area contributed by atoms with Gasteiger partial charge in [-0.05, 0) is 49.5 Å². The van der Waals surface area contributed by atoms with E-state index >= 15 is 0 Å². The summed E-state index contributed by atoms with van der Waals surface area (Å²) in [4.78, 5) is 5.14. The molecule has 0 atom stereocenters. The first-order valence-electron chi connectivity index (χ1n) is 7.14. The molecule has 18 heavy (non-hydrogen) atoms. The first kappa shape index (κ1) is 12.0. The van der Waals surface area contributed by atoms with Crippen molar-refractivity contribution in [2.45, 2.75) is 25.8 Å². The molecule has 3 heteroatoms. The molecule has 0 spiro atoms. The number of likely N-dealkylation sites (tertiary alicyclic amines) is 1. The van der Waals surface area contributed by atoms with Gasteiger partial charge in [0.1, 0.15) is 0 Å². The van der Waals surface area contributed by atoms with E-state index in [1.165, 1.54) is 56.7 Å². The minimum atomic E-state index is 0.971. The number of hydrogen-bond acceptors (Lipinski definition) is 3. The Morgan fingerprint density at radius 1 is 1.00 bits per heavy atom. The predicted molar refractivity (Wildman–Crippen MR) is 75.5 cm³/mol. The van der Waals surface area contributed by atoms with Gasteiger partial charge >= 0.3 is 0 Å². The number of anilines is 1. The molecule has 2 aliphatic heterocycles. The summed E-state index contributed by atoms with van der Waals surface area (Å²) in [5, 5.41) is 0. The van der Waals surface area contributed by atoms with Crippen LogP contribution in [0.4, 0.5) is 5.69 Å². The Bertz CT molecular complexity index is 410. The van der Waals surface area contributed by atoms with Crippen molar-refractivity contribution in [2.75, 3.05) is 38.5 Å². The van der Waals surface area contributed by atoms with Crippen LogP contribution in [0.3, 0.4) is 0 Å². The van der Waals surface area contributed by atoms with Crippen molar-refractivity contribution in [1.82, 2.24) is 9.80 Å². The van der Waals surface area contributed by atoms with Gasteiger partial charge in [0, 0.05) is 31.9 Å². The Morgan fingerprint density at radius 3 is 2.61 bits per heavy atom. The van der Waals surface area contributed by atoms with Crippen molar-refractivity contribution in [3.05, 3.63) is 29.3 Å². The van der Waals surface area contributed by atoms with Crippen molar-refractivity contribution in [1.29, 1.82) is 0 Å². The molecule has 1 aromatic carbocycles. The number of fused-ring (bicyclic) bond motifs is 1. The smallest absolute Gasteiger partial charge is 0.0362 e. The van der Waals surface area contributed by atoms with Crippen molar-refractivity contribution in [2.24, 2.45) is 0 Å². The first-order chi connectivity index (χ1) is 8.83. The molecular weight excluding hydrogens is 222 g/mol. The van der Waals surface area contributed by atoms with Gasteiger partial charge in [-0.2, -0.15) is 0 Å². The Balaban J connectivity index is 1.58. The van der Waals surface area contributed by atoms with Crippen LogP contribution >= 0.6 is 0 Å². The van der Waals surface area contributed by atoms with Crippen LogP contribution < -0.4 is 5.73 Å². The second-order valence-corrected chi connectivity index (χ2v) is 5.56. The van der Waals surface area contributed by atoms with Gasteiger partial charge in [-0.3, -0.25) is 4.90 Å². The maximum atomic E-state index is 6.08. The summed E-state index contributed by atoms with van der Waals surface area (Å²) in [7, 11) is 0. The highest BCUT2D eigenvalue weighted by Gasteiger charge is 2.19. The third-order valence-electron chi connectivity index (χ3n) is 4.32. The van der Waals surface area contributed by atoms with E-state index in [1.54, 1.807) is 0 Å². The molecule has 2 aliphatic rings. The molecule has 2 heterocycles. The van der Waals surface area contributed by atoms with Crippen LogP contribution in [0, 0.1) is 0 Å². The van der Waals surface area contributed by atoms with Gasteiger partial charge in [-0.15, -0.1) is 0 Å². The number of benzene rings is 1. The maximum absolute atomic E-state index is 6.08. The summed E-state index contributed by atoms with van der Waals surface area (Å²) in [6.07, 6.45) is 3.92. The molecule has 3 rings (SSSR count). The van der Waals surface area contributed by atoms with Gasteiger partial charge in [0.2, 0.25) is 0 Å². The molecular formula is C15H23N3. The highest BCUT2D eigenvalue weighted by molar-refractivity contribution is 5.51. The fourth-order valence-corrected chi connectivity index (χ4v) is 3.14. The number of nitrogens with two attached hydrogens (primary N) is 1. The van der Waals surface area contributed by atoms with Gasteiger partial charge in [0.25, 0.3) is 0 Å². The highest BCUT2D eigenvalue weighted by atomic mass is 15.2. The van der Waals surface area contributed by atoms with Gasteiger partial charge in [-0.1, -0.05) is 12.1 Å². The lowest BCUT2D eigenvalue weighted by Crippen LogP contribution is -2.37. The van der Waals surface area contributed by atoms with E-state index in [4.69, 9.17) is 5.73 Å². The second-order valence-electron chi connectivity index (χ2n) is 5.56. The van der Waals surface area contributed by atoms with Crippen LogP contribution in [-0.2, 0) is 13.0 Å². The number of rotatable bonds is 3. The fraction of sp³-hybridized carbons (Fsp3) is 0.600. The summed E-state index contributed by atoms with van der Waals surface area (Å²) in [6.45, 7) is 7.23.